The van der Waals surface area contributed by atoms with Gasteiger partial charge in [-0.25, -0.2) is 22.9 Å². The number of nitrogens with one attached hydrogen (secondary N) is 1. The van der Waals surface area contributed by atoms with Crippen LogP contribution in [-0.4, -0.2) is 33.6 Å². The lowest BCUT2D eigenvalue weighted by atomic mass is 10.0. The highest BCUT2D eigenvalue weighted by molar-refractivity contribution is 6.29. The molecule has 0 radical (unpaired) electrons. The van der Waals surface area contributed by atoms with Gasteiger partial charge in [0.25, 0.3) is 0 Å². The second-order valence-corrected chi connectivity index (χ2v) is 9.32. The predicted molar refractivity (Wildman–Crippen MR) is 138 cm³/mol. The van der Waals surface area contributed by atoms with Crippen molar-refractivity contribution in [3.05, 3.63) is 105 Å². The Morgan fingerprint density at radius 3 is 2.68 bits per heavy atom. The highest BCUT2D eigenvalue weighted by Gasteiger charge is 2.26. The summed E-state index contributed by atoms with van der Waals surface area (Å²) in [5.74, 6) is -3.97. The van der Waals surface area contributed by atoms with Crippen LogP contribution in [0.1, 0.15) is 27.9 Å². The molecule has 38 heavy (non-hydrogen) atoms. The smallest absolute Gasteiger partial charge is 0.326 e. The van der Waals surface area contributed by atoms with Gasteiger partial charge in [0.2, 0.25) is 0 Å². The van der Waals surface area contributed by atoms with Crippen LogP contribution in [0.4, 0.5) is 18.0 Å². The van der Waals surface area contributed by atoms with Crippen LogP contribution in [0, 0.1) is 28.8 Å². The normalized spacial score (nSPS) is 13.6. The summed E-state index contributed by atoms with van der Waals surface area (Å²) < 4.78 is 41.9. The van der Waals surface area contributed by atoms with Crippen molar-refractivity contribution in [2.75, 3.05) is 13.1 Å². The summed E-state index contributed by atoms with van der Waals surface area (Å²) in [7, 11) is 0. The number of carbonyl (C=O) groups is 1. The molecule has 2 aromatic carbocycles. The maximum atomic E-state index is 13.5. The van der Waals surface area contributed by atoms with E-state index in [9.17, 15) is 23.2 Å². The van der Waals surface area contributed by atoms with Crippen molar-refractivity contribution >= 4 is 34.6 Å². The predicted octanol–water partition coefficient (Wildman–Crippen LogP) is 5.81. The fourth-order valence-corrected chi connectivity index (χ4v) is 4.89. The van der Waals surface area contributed by atoms with Crippen LogP contribution in [0.25, 0.3) is 17.0 Å². The van der Waals surface area contributed by atoms with E-state index in [-0.39, 0.29) is 18.1 Å². The van der Waals surface area contributed by atoms with Crippen LogP contribution in [0.2, 0.25) is 5.15 Å². The van der Waals surface area contributed by atoms with E-state index in [1.165, 1.54) is 6.08 Å². The van der Waals surface area contributed by atoms with Crippen molar-refractivity contribution in [3.63, 3.8) is 0 Å². The zero-order valence-electron chi connectivity index (χ0n) is 20.0. The van der Waals surface area contributed by atoms with Crippen LogP contribution < -0.4 is 5.32 Å². The summed E-state index contributed by atoms with van der Waals surface area (Å²) in [6, 6.07) is 12.4. The minimum Gasteiger partial charge on any atom is -0.333 e. The molecule has 0 atom stereocenters. The molecule has 0 saturated heterocycles. The van der Waals surface area contributed by atoms with Crippen molar-refractivity contribution in [3.8, 4) is 6.07 Å². The molecule has 4 aromatic rings. The number of carbonyl (C=O) groups excluding carboxylic acids is 1. The Labute approximate surface area is 221 Å². The summed E-state index contributed by atoms with van der Waals surface area (Å²) in [5, 5.41) is 13.5. The molecule has 1 N–H and O–H groups in total. The minimum absolute atomic E-state index is 0.224. The van der Waals surface area contributed by atoms with Gasteiger partial charge in [-0.2, -0.15) is 5.26 Å². The quantitative estimate of drug-likeness (QED) is 0.259. The van der Waals surface area contributed by atoms with Crippen molar-refractivity contribution in [2.45, 2.75) is 19.5 Å². The molecular formula is C28H21ClF3N5O. The van der Waals surface area contributed by atoms with E-state index >= 15 is 0 Å². The van der Waals surface area contributed by atoms with E-state index in [1.807, 2.05) is 0 Å². The van der Waals surface area contributed by atoms with E-state index in [1.54, 1.807) is 47.2 Å². The zero-order chi connectivity index (χ0) is 26.8. The standard InChI is InChI=1S/C28H21ClF3N5O/c29-26-13-19(5-7-34-26)15-35-28(38)37-24-4-3-18(14-33)10-20(24)21-16-36(9-6-25(21)37)8-1-2-17-11-22(30)27(32)23(31)12-17/h1-5,7,10-13H,6,8-9,15-16H2,(H,35,38)/b2-1+. The second-order valence-electron chi connectivity index (χ2n) is 8.94. The van der Waals surface area contributed by atoms with E-state index < -0.39 is 17.5 Å². The first-order valence-electron chi connectivity index (χ1n) is 11.8. The third-order valence-corrected chi connectivity index (χ3v) is 6.68. The fourth-order valence-electron chi connectivity index (χ4n) is 4.69. The number of benzene rings is 2. The molecule has 0 bridgehead atoms. The van der Waals surface area contributed by atoms with Gasteiger partial charge in [0.05, 0.1) is 17.1 Å². The van der Waals surface area contributed by atoms with Gasteiger partial charge in [0.15, 0.2) is 17.5 Å². The molecule has 6 nitrogen and oxygen atoms in total. The highest BCUT2D eigenvalue weighted by Crippen LogP contribution is 2.32. The zero-order valence-corrected chi connectivity index (χ0v) is 20.8. The topological polar surface area (TPSA) is 74.0 Å². The largest absolute Gasteiger partial charge is 0.333 e. The Bertz CT molecular complexity index is 1600. The summed E-state index contributed by atoms with van der Waals surface area (Å²) in [4.78, 5) is 19.4. The van der Waals surface area contributed by atoms with Gasteiger partial charge in [-0.3, -0.25) is 9.47 Å². The lowest BCUT2D eigenvalue weighted by Crippen LogP contribution is -2.34. The third-order valence-electron chi connectivity index (χ3n) is 6.47. The molecule has 0 unspecified atom stereocenters. The van der Waals surface area contributed by atoms with Crippen LogP contribution >= 0.6 is 11.6 Å². The first-order valence-corrected chi connectivity index (χ1v) is 12.2. The number of pyridine rings is 1. The van der Waals surface area contributed by atoms with Crippen molar-refractivity contribution < 1.29 is 18.0 Å². The molecule has 0 saturated carbocycles. The lowest BCUT2D eigenvalue weighted by Gasteiger charge is -2.27. The number of fused-ring (bicyclic) bond motifs is 3. The molecule has 10 heteroatoms. The monoisotopic (exact) mass is 535 g/mol. The summed E-state index contributed by atoms with van der Waals surface area (Å²) in [6.07, 6.45) is 5.45. The Hall–Kier alpha value is -4.13. The van der Waals surface area contributed by atoms with E-state index in [2.05, 4.69) is 21.3 Å². The number of rotatable bonds is 5. The van der Waals surface area contributed by atoms with E-state index in [0.29, 0.717) is 42.3 Å². The Kier molecular flexibility index (Phi) is 7.18. The van der Waals surface area contributed by atoms with Crippen molar-refractivity contribution in [1.82, 2.24) is 19.8 Å². The average Bonchev–Trinajstić information content (AvgIpc) is 3.23. The summed E-state index contributed by atoms with van der Waals surface area (Å²) >= 11 is 5.95. The maximum absolute atomic E-state index is 13.5. The van der Waals surface area contributed by atoms with Gasteiger partial charge >= 0.3 is 6.03 Å². The van der Waals surface area contributed by atoms with Crippen LogP contribution in [-0.2, 0) is 19.5 Å². The maximum Gasteiger partial charge on any atom is 0.326 e. The average molecular weight is 536 g/mol. The van der Waals surface area contributed by atoms with Gasteiger partial charge in [0, 0.05) is 49.9 Å². The minimum atomic E-state index is -1.49. The Morgan fingerprint density at radius 1 is 1.16 bits per heavy atom. The molecule has 0 aliphatic carbocycles. The number of nitriles is 1. The second kappa shape index (κ2) is 10.7. The number of halogens is 4. The SMILES string of the molecule is N#Cc1ccc2c(c1)c1c(n2C(=O)NCc2ccnc(Cl)c2)CCN(C/C=C/c2cc(F)c(F)c(F)c2)C1. The van der Waals surface area contributed by atoms with Gasteiger partial charge in [-0.1, -0.05) is 23.8 Å². The first-order chi connectivity index (χ1) is 18.3. The van der Waals surface area contributed by atoms with Crippen LogP contribution in [0.5, 0.6) is 0 Å². The van der Waals surface area contributed by atoms with Gasteiger partial charge < -0.3 is 5.32 Å². The Balaban J connectivity index is 1.39. The molecular weight excluding hydrogens is 515 g/mol. The number of aromatic nitrogens is 2. The van der Waals surface area contributed by atoms with Crippen LogP contribution in [0.15, 0.2) is 54.7 Å². The number of nitrogens with zero attached hydrogens (tertiary/aromatic N) is 4. The summed E-state index contributed by atoms with van der Waals surface area (Å²) in [5.41, 5.74) is 4.03. The van der Waals surface area contributed by atoms with Crippen molar-refractivity contribution in [2.24, 2.45) is 0 Å². The number of amides is 1. The van der Waals surface area contributed by atoms with Crippen LogP contribution in [0.3, 0.4) is 0 Å². The van der Waals surface area contributed by atoms with E-state index in [0.717, 1.165) is 34.3 Å². The fraction of sp³-hybridized carbons (Fsp3) is 0.179. The molecule has 0 spiro atoms. The molecule has 2 aromatic heterocycles. The molecule has 1 amide bonds. The molecule has 3 heterocycles. The highest BCUT2D eigenvalue weighted by atomic mass is 35.5. The first kappa shape index (κ1) is 25.5. The number of hydrogen-bond acceptors (Lipinski definition) is 4. The van der Waals surface area contributed by atoms with Gasteiger partial charge in [-0.15, -0.1) is 0 Å². The molecule has 1 aliphatic rings. The lowest BCUT2D eigenvalue weighted by molar-refractivity contribution is 0.240. The summed E-state index contributed by atoms with van der Waals surface area (Å²) in [6.45, 7) is 1.89. The number of hydrogen-bond donors (Lipinski definition) is 1. The molecule has 0 fully saturated rings. The van der Waals surface area contributed by atoms with Gasteiger partial charge in [0.1, 0.15) is 5.15 Å². The van der Waals surface area contributed by atoms with E-state index in [4.69, 9.17) is 11.6 Å². The molecule has 1 aliphatic heterocycles. The Morgan fingerprint density at radius 2 is 1.95 bits per heavy atom. The molecule has 5 rings (SSSR count). The van der Waals surface area contributed by atoms with Crippen molar-refractivity contribution in [1.29, 1.82) is 5.26 Å². The third kappa shape index (κ3) is 5.14. The van der Waals surface area contributed by atoms with Gasteiger partial charge in [-0.05, 0) is 59.2 Å². The molecule has 192 valence electrons.